The van der Waals surface area contributed by atoms with E-state index in [9.17, 15) is 4.79 Å². The zero-order chi connectivity index (χ0) is 34.2. The summed E-state index contributed by atoms with van der Waals surface area (Å²) in [7, 11) is 1.89. The topological polar surface area (TPSA) is 172 Å². The fraction of sp³-hybridized carbons (Fsp3) is 0.457. The number of carbonyl (C=O) groups is 1. The molecule has 0 spiro atoms. The Bertz CT molecular complexity index is 1680. The normalized spacial score (nSPS) is 20.8. The van der Waals surface area contributed by atoms with E-state index in [0.29, 0.717) is 54.7 Å². The summed E-state index contributed by atoms with van der Waals surface area (Å²) >= 11 is 0. The molecule has 3 heterocycles. The molecule has 3 aromatic rings. The number of nitrogens with zero attached hydrogens (tertiary/aromatic N) is 4. The molecule has 5 rings (SSSR count). The Hall–Kier alpha value is -4.91. The first-order chi connectivity index (χ1) is 23.2. The average Bonchev–Trinajstić information content (AvgIpc) is 3.52. The van der Waals surface area contributed by atoms with Gasteiger partial charge in [0.25, 0.3) is 0 Å². The number of anilines is 1. The van der Waals surface area contributed by atoms with Crippen LogP contribution in [-0.2, 0) is 6.54 Å². The fourth-order valence-corrected chi connectivity index (χ4v) is 6.51. The van der Waals surface area contributed by atoms with Crippen molar-refractivity contribution < 1.29 is 9.53 Å². The van der Waals surface area contributed by atoms with Crippen LogP contribution in [0.2, 0.25) is 0 Å². The van der Waals surface area contributed by atoms with Gasteiger partial charge in [-0.05, 0) is 88.8 Å². The van der Waals surface area contributed by atoms with Gasteiger partial charge in [-0.2, -0.15) is 5.10 Å². The van der Waals surface area contributed by atoms with Gasteiger partial charge >= 0.3 is 6.03 Å². The van der Waals surface area contributed by atoms with Crippen LogP contribution >= 0.6 is 0 Å². The molecule has 0 radical (unpaired) electrons. The number of ether oxygens (including phenoxy) is 1. The lowest BCUT2D eigenvalue weighted by Gasteiger charge is -2.41. The van der Waals surface area contributed by atoms with Crippen LogP contribution in [0.15, 0.2) is 66.9 Å². The van der Waals surface area contributed by atoms with Gasteiger partial charge in [0.15, 0.2) is 0 Å². The molecule has 13 nitrogen and oxygen atoms in total. The first kappa shape index (κ1) is 34.4. The lowest BCUT2D eigenvalue weighted by Crippen LogP contribution is -2.51. The van der Waals surface area contributed by atoms with Gasteiger partial charge in [-0.3, -0.25) is 25.4 Å². The van der Waals surface area contributed by atoms with E-state index in [1.165, 1.54) is 0 Å². The summed E-state index contributed by atoms with van der Waals surface area (Å²) in [5, 5.41) is 42.4. The molecule has 7 N–H and O–H groups in total. The molecule has 0 saturated carbocycles. The standard InChI is InChI=1S/C35H49N11O2/c1-5-25(36)19-33(41-26-20-40-44(21-26)18-17-39-4)43-35(47)42-30-14-15-31(29-12-7-6-11-28(29)30)48-27-13-16-32(37)45(22-27)34(38)46-23(2)9-8-10-24(46)3/h6-7,11-13,16,19-24,30-31,36-39,41H,5,8-10,14-15,17-18H2,1-4H3,(H2,42,43,47)/b33-19+,36-25?,37-32?,38-34?/t23?,24?,30?,31-/m1/s1. The third-order valence-corrected chi connectivity index (χ3v) is 9.06. The molecule has 13 heteroatoms. The minimum atomic E-state index is -0.383. The lowest BCUT2D eigenvalue weighted by molar-refractivity contribution is 0.169. The smallest absolute Gasteiger partial charge is 0.320 e. The molecule has 48 heavy (non-hydrogen) atoms. The van der Waals surface area contributed by atoms with Gasteiger partial charge in [0.05, 0.1) is 30.7 Å². The molecule has 1 fully saturated rings. The number of amides is 2. The van der Waals surface area contributed by atoms with Gasteiger partial charge in [0.1, 0.15) is 23.2 Å². The molecule has 0 bridgehead atoms. The summed E-state index contributed by atoms with van der Waals surface area (Å²) in [4.78, 5) is 15.4. The van der Waals surface area contributed by atoms with E-state index in [1.807, 2.05) is 44.4 Å². The number of pyridine rings is 1. The van der Waals surface area contributed by atoms with Crippen LogP contribution in [0.3, 0.4) is 0 Å². The third-order valence-electron chi connectivity index (χ3n) is 9.06. The largest absolute Gasteiger partial charge is 0.484 e. The fourth-order valence-electron chi connectivity index (χ4n) is 6.51. The molecule has 1 saturated heterocycles. The Balaban J connectivity index is 1.27. The number of hydrogen-bond acceptors (Lipinski definition) is 8. The van der Waals surface area contributed by atoms with Gasteiger partial charge in [0.2, 0.25) is 5.96 Å². The second kappa shape index (κ2) is 15.8. The molecule has 1 aliphatic heterocycles. The van der Waals surface area contributed by atoms with E-state index in [0.717, 1.165) is 36.9 Å². The van der Waals surface area contributed by atoms with Gasteiger partial charge in [-0.15, -0.1) is 0 Å². The van der Waals surface area contributed by atoms with Crippen molar-refractivity contribution in [2.24, 2.45) is 0 Å². The number of likely N-dealkylation sites (N-methyl/N-ethyl adjacent to an activating group) is 1. The number of nitrogens with one attached hydrogen (secondary N) is 7. The van der Waals surface area contributed by atoms with E-state index in [-0.39, 0.29) is 35.7 Å². The molecule has 2 aromatic heterocycles. The van der Waals surface area contributed by atoms with Crippen LogP contribution in [0.4, 0.5) is 10.5 Å². The van der Waals surface area contributed by atoms with Gasteiger partial charge in [-0.1, -0.05) is 31.2 Å². The summed E-state index contributed by atoms with van der Waals surface area (Å²) in [6.45, 7) is 7.66. The number of hydrogen-bond donors (Lipinski definition) is 7. The lowest BCUT2D eigenvalue weighted by atomic mass is 9.85. The van der Waals surface area contributed by atoms with Gasteiger partial charge < -0.3 is 31.0 Å². The van der Waals surface area contributed by atoms with Crippen molar-refractivity contribution in [3.05, 3.63) is 83.5 Å². The van der Waals surface area contributed by atoms with E-state index in [4.69, 9.17) is 21.0 Å². The van der Waals surface area contributed by atoms with Crippen LogP contribution in [-0.4, -0.2) is 62.6 Å². The molecular weight excluding hydrogens is 606 g/mol. The first-order valence-electron chi connectivity index (χ1n) is 16.9. The Labute approximate surface area is 282 Å². The molecule has 4 atom stereocenters. The molecule has 2 amide bonds. The predicted octanol–water partition coefficient (Wildman–Crippen LogP) is 5.07. The first-order valence-corrected chi connectivity index (χ1v) is 16.9. The molecule has 1 aliphatic carbocycles. The summed E-state index contributed by atoms with van der Waals surface area (Å²) in [6, 6.07) is 11.3. The molecule has 3 unspecified atom stereocenters. The van der Waals surface area contributed by atoms with Crippen molar-refractivity contribution in [2.75, 3.05) is 18.9 Å². The minimum absolute atomic E-state index is 0.233. The van der Waals surface area contributed by atoms with Crippen LogP contribution in [0.1, 0.15) is 82.6 Å². The van der Waals surface area contributed by atoms with Crippen LogP contribution < -0.4 is 31.5 Å². The van der Waals surface area contributed by atoms with Crippen molar-refractivity contribution >= 4 is 23.4 Å². The van der Waals surface area contributed by atoms with Gasteiger partial charge in [-0.25, -0.2) is 4.79 Å². The molecule has 1 aromatic carbocycles. The summed E-state index contributed by atoms with van der Waals surface area (Å²) < 4.78 is 9.94. The third kappa shape index (κ3) is 8.32. The second-order valence-corrected chi connectivity index (χ2v) is 12.6. The van der Waals surface area contributed by atoms with Crippen molar-refractivity contribution in [2.45, 2.75) is 90.1 Å². The number of urea groups is 1. The monoisotopic (exact) mass is 655 g/mol. The number of allylic oxidation sites excluding steroid dienone is 1. The zero-order valence-corrected chi connectivity index (χ0v) is 28.3. The average molecular weight is 656 g/mol. The maximum Gasteiger partial charge on any atom is 0.320 e. The Morgan fingerprint density at radius 1 is 1.04 bits per heavy atom. The minimum Gasteiger partial charge on any atom is -0.484 e. The molecule has 256 valence electrons. The van der Waals surface area contributed by atoms with Crippen molar-refractivity contribution in [1.29, 1.82) is 16.2 Å². The van der Waals surface area contributed by atoms with E-state index >= 15 is 0 Å². The van der Waals surface area contributed by atoms with Crippen molar-refractivity contribution in [3.8, 4) is 5.75 Å². The number of benzene rings is 1. The van der Waals surface area contributed by atoms with Crippen LogP contribution in [0.25, 0.3) is 0 Å². The summed E-state index contributed by atoms with van der Waals surface area (Å²) in [6.07, 6.45) is 11.7. The van der Waals surface area contributed by atoms with E-state index in [2.05, 4.69) is 45.1 Å². The number of likely N-dealkylation sites (tertiary alicyclic amines) is 1. The number of carbonyl (C=O) groups excluding carboxylic acids is 1. The quantitative estimate of drug-likeness (QED) is 0.112. The summed E-state index contributed by atoms with van der Waals surface area (Å²) in [5.41, 5.74) is 3.27. The zero-order valence-electron chi connectivity index (χ0n) is 28.3. The number of fused-ring (bicyclic) bond motifs is 1. The van der Waals surface area contributed by atoms with E-state index in [1.54, 1.807) is 39.9 Å². The van der Waals surface area contributed by atoms with E-state index < -0.39 is 0 Å². The van der Waals surface area contributed by atoms with Crippen molar-refractivity contribution in [1.82, 2.24) is 35.2 Å². The predicted molar refractivity (Wildman–Crippen MR) is 187 cm³/mol. The van der Waals surface area contributed by atoms with Crippen molar-refractivity contribution in [3.63, 3.8) is 0 Å². The second-order valence-electron chi connectivity index (χ2n) is 12.6. The molecular formula is C35H49N11O2. The number of rotatable bonds is 11. The Morgan fingerprint density at radius 3 is 2.52 bits per heavy atom. The number of piperidine rings is 1. The van der Waals surface area contributed by atoms with Crippen LogP contribution in [0, 0.1) is 16.2 Å². The van der Waals surface area contributed by atoms with Gasteiger partial charge in [0, 0.05) is 30.5 Å². The maximum atomic E-state index is 13.3. The SMILES string of the molecule is CCC(=N)/C=C(/NC(=O)NC1CC[C@@H](Oc2ccc(=N)n(C(=N)N3C(C)CCCC3C)c2)c2ccccc21)Nc1cnn(CCNC)c1. The summed E-state index contributed by atoms with van der Waals surface area (Å²) in [5.74, 6) is 1.28. The highest BCUT2D eigenvalue weighted by Crippen LogP contribution is 2.38. The highest BCUT2D eigenvalue weighted by Gasteiger charge is 2.31. The number of aromatic nitrogens is 3. The maximum absolute atomic E-state index is 13.3. The Kier molecular flexibility index (Phi) is 11.3. The highest BCUT2D eigenvalue weighted by molar-refractivity contribution is 5.93. The van der Waals surface area contributed by atoms with Crippen LogP contribution in [0.5, 0.6) is 5.75 Å². The Morgan fingerprint density at radius 2 is 1.79 bits per heavy atom. The highest BCUT2D eigenvalue weighted by atomic mass is 16.5. The molecule has 2 aliphatic rings.